The number of fused-ring (bicyclic) bond motifs is 1. The van der Waals surface area contributed by atoms with Crippen LogP contribution in [0.5, 0.6) is 5.75 Å². The van der Waals surface area contributed by atoms with Crippen LogP contribution < -0.4 is 10.5 Å². The van der Waals surface area contributed by atoms with Gasteiger partial charge in [-0.15, -0.1) is 0 Å². The van der Waals surface area contributed by atoms with Crippen LogP contribution >= 0.6 is 0 Å². The van der Waals surface area contributed by atoms with Crippen LogP contribution in [0.25, 0.3) is 11.1 Å². The van der Waals surface area contributed by atoms with Gasteiger partial charge in [-0.05, 0) is 5.56 Å². The molecular weight excluding hydrogens is 210 g/mol. The predicted octanol–water partition coefficient (Wildman–Crippen LogP) is 3.14. The molecule has 3 rings (SSSR count). The third-order valence-corrected chi connectivity index (χ3v) is 3.21. The average molecular weight is 225 g/mol. The van der Waals surface area contributed by atoms with Gasteiger partial charge in [-0.2, -0.15) is 0 Å². The summed E-state index contributed by atoms with van der Waals surface area (Å²) in [5.41, 5.74) is 9.55. The van der Waals surface area contributed by atoms with Crippen LogP contribution in [0, 0.1) is 0 Å². The quantitative estimate of drug-likeness (QED) is 0.809. The summed E-state index contributed by atoms with van der Waals surface area (Å²) in [4.78, 5) is 0. The molecule has 2 N–H and O–H groups in total. The van der Waals surface area contributed by atoms with E-state index in [9.17, 15) is 0 Å². The molecule has 1 aliphatic rings. The Morgan fingerprint density at radius 2 is 1.82 bits per heavy atom. The van der Waals surface area contributed by atoms with Crippen molar-refractivity contribution in [3.8, 4) is 16.9 Å². The van der Waals surface area contributed by atoms with Gasteiger partial charge in [0.1, 0.15) is 5.75 Å². The minimum Gasteiger partial charge on any atom is -0.493 e. The molecule has 0 unspecified atom stereocenters. The maximum atomic E-state index is 6.11. The predicted molar refractivity (Wildman–Crippen MR) is 68.9 cm³/mol. The van der Waals surface area contributed by atoms with E-state index in [1.807, 2.05) is 18.2 Å². The van der Waals surface area contributed by atoms with Gasteiger partial charge in [0, 0.05) is 23.6 Å². The Labute approximate surface area is 101 Å². The van der Waals surface area contributed by atoms with Gasteiger partial charge in [-0.3, -0.25) is 0 Å². The van der Waals surface area contributed by atoms with E-state index in [0.717, 1.165) is 23.3 Å². The van der Waals surface area contributed by atoms with Crippen molar-refractivity contribution in [1.29, 1.82) is 0 Å². The second kappa shape index (κ2) is 4.22. The fraction of sp³-hybridized carbons (Fsp3) is 0.200. The fourth-order valence-corrected chi connectivity index (χ4v) is 2.30. The van der Waals surface area contributed by atoms with Crippen LogP contribution in [-0.4, -0.2) is 6.61 Å². The van der Waals surface area contributed by atoms with Crippen molar-refractivity contribution in [2.24, 2.45) is 5.73 Å². The molecule has 0 amide bonds. The van der Waals surface area contributed by atoms with E-state index in [0.29, 0.717) is 6.61 Å². The molecule has 2 aromatic carbocycles. The van der Waals surface area contributed by atoms with E-state index in [1.165, 1.54) is 5.56 Å². The Kier molecular flexibility index (Phi) is 2.57. The minimum absolute atomic E-state index is 0.0995. The van der Waals surface area contributed by atoms with Gasteiger partial charge in [-0.1, -0.05) is 48.5 Å². The lowest BCUT2D eigenvalue weighted by molar-refractivity contribution is 0.270. The van der Waals surface area contributed by atoms with Crippen LogP contribution in [-0.2, 0) is 0 Å². The zero-order valence-electron chi connectivity index (χ0n) is 9.60. The number of ether oxygens (including phenoxy) is 1. The first-order valence-corrected chi connectivity index (χ1v) is 5.93. The van der Waals surface area contributed by atoms with E-state index in [2.05, 4.69) is 30.3 Å². The second-order valence-corrected chi connectivity index (χ2v) is 4.33. The number of benzene rings is 2. The van der Waals surface area contributed by atoms with Gasteiger partial charge < -0.3 is 10.5 Å². The van der Waals surface area contributed by atoms with Gasteiger partial charge in [-0.25, -0.2) is 0 Å². The van der Waals surface area contributed by atoms with Crippen LogP contribution in [0.15, 0.2) is 48.5 Å². The first kappa shape index (κ1) is 10.4. The zero-order valence-corrected chi connectivity index (χ0v) is 9.60. The molecule has 1 heterocycles. The van der Waals surface area contributed by atoms with Gasteiger partial charge in [0.2, 0.25) is 0 Å². The molecule has 0 saturated carbocycles. The van der Waals surface area contributed by atoms with Crippen LogP contribution in [0.4, 0.5) is 0 Å². The molecular formula is C15H15NO. The molecule has 0 aromatic heterocycles. The normalized spacial score (nSPS) is 18.3. The Hall–Kier alpha value is -1.80. The number of hydrogen-bond acceptors (Lipinski definition) is 2. The lowest BCUT2D eigenvalue weighted by atomic mass is 9.95. The lowest BCUT2D eigenvalue weighted by Crippen LogP contribution is -2.20. The summed E-state index contributed by atoms with van der Waals surface area (Å²) >= 11 is 0. The molecule has 86 valence electrons. The summed E-state index contributed by atoms with van der Waals surface area (Å²) in [5, 5.41) is 0. The summed E-state index contributed by atoms with van der Waals surface area (Å²) in [6.07, 6.45) is 0.894. The number of rotatable bonds is 1. The van der Waals surface area contributed by atoms with Crippen molar-refractivity contribution in [2.45, 2.75) is 12.5 Å². The third kappa shape index (κ3) is 1.81. The SMILES string of the molecule is N[C@@H]1CCOc2c(-c3ccccc3)cccc21. The standard InChI is InChI=1S/C15H15NO/c16-14-9-10-17-15-12(7-4-8-13(14)15)11-5-2-1-3-6-11/h1-8,14H,9-10,16H2/t14-/m1/s1. The highest BCUT2D eigenvalue weighted by atomic mass is 16.5. The average Bonchev–Trinajstić information content (AvgIpc) is 2.40. The van der Waals surface area contributed by atoms with Gasteiger partial charge in [0.15, 0.2) is 0 Å². The molecule has 0 fully saturated rings. The molecule has 2 nitrogen and oxygen atoms in total. The topological polar surface area (TPSA) is 35.2 Å². The van der Waals surface area contributed by atoms with E-state index in [4.69, 9.17) is 10.5 Å². The molecule has 0 saturated heterocycles. The smallest absolute Gasteiger partial charge is 0.131 e. The zero-order chi connectivity index (χ0) is 11.7. The molecule has 1 aliphatic heterocycles. The van der Waals surface area contributed by atoms with Crippen molar-refractivity contribution in [2.75, 3.05) is 6.61 Å². The summed E-state index contributed by atoms with van der Waals surface area (Å²) < 4.78 is 5.80. The molecule has 17 heavy (non-hydrogen) atoms. The molecule has 2 heteroatoms. The third-order valence-electron chi connectivity index (χ3n) is 3.21. The molecule has 0 spiro atoms. The Morgan fingerprint density at radius 3 is 2.65 bits per heavy atom. The summed E-state index contributed by atoms with van der Waals surface area (Å²) in [5.74, 6) is 0.956. The number of hydrogen-bond donors (Lipinski definition) is 1. The lowest BCUT2D eigenvalue weighted by Gasteiger charge is -2.25. The molecule has 0 aliphatic carbocycles. The van der Waals surface area contributed by atoms with Crippen molar-refractivity contribution in [3.63, 3.8) is 0 Å². The molecule has 1 atom stereocenters. The second-order valence-electron chi connectivity index (χ2n) is 4.33. The molecule has 2 aromatic rings. The van der Waals surface area contributed by atoms with Crippen LogP contribution in [0.1, 0.15) is 18.0 Å². The van der Waals surface area contributed by atoms with Crippen LogP contribution in [0.2, 0.25) is 0 Å². The van der Waals surface area contributed by atoms with E-state index in [-0.39, 0.29) is 6.04 Å². The highest BCUT2D eigenvalue weighted by Crippen LogP contribution is 2.38. The Bertz CT molecular complexity index is 522. The number of para-hydroxylation sites is 1. The van der Waals surface area contributed by atoms with E-state index >= 15 is 0 Å². The maximum Gasteiger partial charge on any atom is 0.131 e. The highest BCUT2D eigenvalue weighted by molar-refractivity contribution is 5.72. The fourth-order valence-electron chi connectivity index (χ4n) is 2.30. The Morgan fingerprint density at radius 1 is 1.00 bits per heavy atom. The van der Waals surface area contributed by atoms with Gasteiger partial charge in [0.25, 0.3) is 0 Å². The van der Waals surface area contributed by atoms with Crippen molar-refractivity contribution in [3.05, 3.63) is 54.1 Å². The maximum absolute atomic E-state index is 6.11. The molecule has 0 radical (unpaired) electrons. The first-order valence-electron chi connectivity index (χ1n) is 5.93. The largest absolute Gasteiger partial charge is 0.493 e. The van der Waals surface area contributed by atoms with Crippen LogP contribution in [0.3, 0.4) is 0 Å². The van der Waals surface area contributed by atoms with Crippen molar-refractivity contribution >= 4 is 0 Å². The van der Waals surface area contributed by atoms with E-state index in [1.54, 1.807) is 0 Å². The van der Waals surface area contributed by atoms with E-state index < -0.39 is 0 Å². The highest BCUT2D eigenvalue weighted by Gasteiger charge is 2.20. The summed E-state index contributed by atoms with van der Waals surface area (Å²) in [6, 6.07) is 16.6. The van der Waals surface area contributed by atoms with Crippen molar-refractivity contribution < 1.29 is 4.74 Å². The Balaban J connectivity index is 2.16. The van der Waals surface area contributed by atoms with Crippen molar-refractivity contribution in [1.82, 2.24) is 0 Å². The monoisotopic (exact) mass is 225 g/mol. The van der Waals surface area contributed by atoms with Gasteiger partial charge in [0.05, 0.1) is 6.61 Å². The number of nitrogens with two attached hydrogens (primary N) is 1. The summed E-state index contributed by atoms with van der Waals surface area (Å²) in [7, 11) is 0. The minimum atomic E-state index is 0.0995. The van der Waals surface area contributed by atoms with Gasteiger partial charge >= 0.3 is 0 Å². The summed E-state index contributed by atoms with van der Waals surface area (Å²) in [6.45, 7) is 0.706. The molecule has 0 bridgehead atoms. The first-order chi connectivity index (χ1) is 8.36.